The van der Waals surface area contributed by atoms with Crippen molar-refractivity contribution in [2.75, 3.05) is 13.7 Å². The van der Waals surface area contributed by atoms with Gasteiger partial charge >= 0.3 is 6.36 Å². The zero-order valence-electron chi connectivity index (χ0n) is 14.4. The Balaban J connectivity index is 2.08. The highest BCUT2D eigenvalue weighted by Gasteiger charge is 2.58. The number of hydrogen-bond donors (Lipinski definition) is 2. The summed E-state index contributed by atoms with van der Waals surface area (Å²) in [6.45, 7) is 1.23. The quantitative estimate of drug-likeness (QED) is 0.682. The van der Waals surface area contributed by atoms with E-state index in [-0.39, 0.29) is 19.4 Å². The molecule has 1 unspecified atom stereocenters. The molecule has 1 aromatic rings. The van der Waals surface area contributed by atoms with Crippen molar-refractivity contribution in [2.24, 2.45) is 0 Å². The van der Waals surface area contributed by atoms with Crippen LogP contribution in [0.2, 0.25) is 0 Å². The Kier molecular flexibility index (Phi) is 5.82. The Labute approximate surface area is 148 Å². The average molecular weight is 379 g/mol. The summed E-state index contributed by atoms with van der Waals surface area (Å²) in [4.78, 5) is 12.2. The molecule has 1 aliphatic rings. The predicted molar refractivity (Wildman–Crippen MR) is 84.2 cm³/mol. The fraction of sp³-hybridized carbons (Fsp3) is 0.588. The second-order valence-electron chi connectivity index (χ2n) is 6.61. The minimum absolute atomic E-state index is 0.0237. The Morgan fingerprint density at radius 1 is 1.38 bits per heavy atom. The van der Waals surface area contributed by atoms with E-state index in [1.54, 1.807) is 0 Å². The molecule has 5 nitrogen and oxygen atoms in total. The van der Waals surface area contributed by atoms with Crippen LogP contribution in [0.3, 0.4) is 0 Å². The molecule has 0 radical (unpaired) electrons. The lowest BCUT2D eigenvalue weighted by atomic mass is 9.93. The first-order chi connectivity index (χ1) is 12.0. The first kappa shape index (κ1) is 20.4. The third-order valence-corrected chi connectivity index (χ3v) is 4.32. The number of carbonyl (C=O) groups excluding carboxylic acids is 1. The molecule has 0 saturated heterocycles. The summed E-state index contributed by atoms with van der Waals surface area (Å²) < 4.78 is 60.0. The molecule has 0 bridgehead atoms. The Morgan fingerprint density at radius 2 is 2.04 bits per heavy atom. The van der Waals surface area contributed by atoms with Gasteiger partial charge in [-0.2, -0.15) is 0 Å². The predicted octanol–water partition coefficient (Wildman–Crippen LogP) is 3.03. The van der Waals surface area contributed by atoms with E-state index in [2.05, 4.69) is 10.1 Å². The van der Waals surface area contributed by atoms with E-state index in [0.717, 1.165) is 12.1 Å². The molecule has 0 heterocycles. The summed E-state index contributed by atoms with van der Waals surface area (Å²) in [6.07, 6.45) is -4.93. The van der Waals surface area contributed by atoms with Crippen LogP contribution < -0.4 is 10.1 Å². The maximum absolute atomic E-state index is 14.1. The van der Waals surface area contributed by atoms with E-state index in [0.29, 0.717) is 5.56 Å². The van der Waals surface area contributed by atoms with Gasteiger partial charge in [-0.25, -0.2) is 4.39 Å². The number of amides is 1. The van der Waals surface area contributed by atoms with Crippen LogP contribution in [0.15, 0.2) is 24.3 Å². The van der Waals surface area contributed by atoms with Crippen LogP contribution in [0.4, 0.5) is 17.6 Å². The SMILES string of the molecule is COC[C@H](NC(=O)CC(C)(O)C1(F)CC1)c1cccc(OC(F)(F)F)c1. The summed E-state index contributed by atoms with van der Waals surface area (Å²) in [6, 6.07) is 4.33. The maximum atomic E-state index is 14.1. The van der Waals surface area contributed by atoms with Crippen LogP contribution in [0, 0.1) is 0 Å². The van der Waals surface area contributed by atoms with Crippen molar-refractivity contribution in [3.05, 3.63) is 29.8 Å². The highest BCUT2D eigenvalue weighted by atomic mass is 19.4. The number of nitrogens with one attached hydrogen (secondary N) is 1. The topological polar surface area (TPSA) is 67.8 Å². The molecule has 1 amide bonds. The second-order valence-corrected chi connectivity index (χ2v) is 6.61. The van der Waals surface area contributed by atoms with Gasteiger partial charge in [0.25, 0.3) is 0 Å². The zero-order valence-corrected chi connectivity index (χ0v) is 14.4. The van der Waals surface area contributed by atoms with Gasteiger partial charge < -0.3 is 19.9 Å². The number of alkyl halides is 4. The van der Waals surface area contributed by atoms with E-state index < -0.39 is 41.8 Å². The van der Waals surface area contributed by atoms with Crippen molar-refractivity contribution in [2.45, 2.75) is 49.9 Å². The molecule has 1 aromatic carbocycles. The molecule has 26 heavy (non-hydrogen) atoms. The van der Waals surface area contributed by atoms with Crippen LogP contribution >= 0.6 is 0 Å². The van der Waals surface area contributed by atoms with Crippen LogP contribution in [0.5, 0.6) is 5.75 Å². The van der Waals surface area contributed by atoms with E-state index >= 15 is 0 Å². The minimum Gasteiger partial charge on any atom is -0.406 e. The number of halogens is 4. The fourth-order valence-corrected chi connectivity index (χ4v) is 2.68. The van der Waals surface area contributed by atoms with Crippen molar-refractivity contribution in [1.82, 2.24) is 5.32 Å². The molecule has 146 valence electrons. The van der Waals surface area contributed by atoms with Gasteiger partial charge in [0, 0.05) is 7.11 Å². The van der Waals surface area contributed by atoms with E-state index in [9.17, 15) is 27.5 Å². The Morgan fingerprint density at radius 3 is 2.58 bits per heavy atom. The van der Waals surface area contributed by atoms with Crippen molar-refractivity contribution in [1.29, 1.82) is 0 Å². The van der Waals surface area contributed by atoms with Gasteiger partial charge in [0.1, 0.15) is 17.0 Å². The van der Waals surface area contributed by atoms with Gasteiger partial charge in [0.2, 0.25) is 5.91 Å². The molecular formula is C17H21F4NO4. The van der Waals surface area contributed by atoms with Gasteiger partial charge in [0.05, 0.1) is 19.1 Å². The third-order valence-electron chi connectivity index (χ3n) is 4.32. The van der Waals surface area contributed by atoms with Crippen molar-refractivity contribution < 1.29 is 36.9 Å². The van der Waals surface area contributed by atoms with Crippen molar-refractivity contribution >= 4 is 5.91 Å². The van der Waals surface area contributed by atoms with Crippen LogP contribution in [0.25, 0.3) is 0 Å². The van der Waals surface area contributed by atoms with Crippen molar-refractivity contribution in [3.63, 3.8) is 0 Å². The fourth-order valence-electron chi connectivity index (χ4n) is 2.68. The van der Waals surface area contributed by atoms with Gasteiger partial charge in [-0.1, -0.05) is 12.1 Å². The van der Waals surface area contributed by atoms with Crippen molar-refractivity contribution in [3.8, 4) is 5.75 Å². The smallest absolute Gasteiger partial charge is 0.406 e. The minimum atomic E-state index is -4.84. The van der Waals surface area contributed by atoms with Gasteiger partial charge in [-0.15, -0.1) is 13.2 Å². The highest BCUT2D eigenvalue weighted by Crippen LogP contribution is 2.50. The van der Waals surface area contributed by atoms with Crippen LogP contribution in [-0.2, 0) is 9.53 Å². The Bertz CT molecular complexity index is 644. The summed E-state index contributed by atoms with van der Waals surface area (Å²) in [7, 11) is 1.37. The van der Waals surface area contributed by atoms with Crippen LogP contribution in [-0.4, -0.2) is 42.4 Å². The summed E-state index contributed by atoms with van der Waals surface area (Å²) in [5.74, 6) is -1.07. The van der Waals surface area contributed by atoms with E-state index in [1.165, 1.54) is 26.2 Å². The lowest BCUT2D eigenvalue weighted by Gasteiger charge is -2.28. The molecule has 9 heteroatoms. The number of aliphatic hydroxyl groups is 1. The summed E-state index contributed by atoms with van der Waals surface area (Å²) >= 11 is 0. The molecule has 0 aliphatic heterocycles. The number of rotatable bonds is 8. The molecule has 1 fully saturated rings. The number of benzene rings is 1. The van der Waals surface area contributed by atoms with Gasteiger partial charge in [-0.3, -0.25) is 4.79 Å². The molecule has 2 rings (SSSR count). The Hall–Kier alpha value is -1.87. The lowest BCUT2D eigenvalue weighted by molar-refractivity contribution is -0.274. The highest BCUT2D eigenvalue weighted by molar-refractivity contribution is 5.78. The second kappa shape index (κ2) is 7.40. The molecule has 1 saturated carbocycles. The molecular weight excluding hydrogens is 358 g/mol. The molecule has 0 aromatic heterocycles. The maximum Gasteiger partial charge on any atom is 0.573 e. The zero-order chi connectivity index (χ0) is 19.6. The first-order valence-electron chi connectivity index (χ1n) is 8.01. The normalized spacial score (nSPS) is 19.3. The molecule has 0 spiro atoms. The molecule has 2 atom stereocenters. The average Bonchev–Trinajstić information content (AvgIpc) is 3.24. The van der Waals surface area contributed by atoms with E-state index in [1.807, 2.05) is 0 Å². The number of methoxy groups -OCH3 is 1. The molecule has 1 aliphatic carbocycles. The largest absolute Gasteiger partial charge is 0.573 e. The molecule has 2 N–H and O–H groups in total. The summed E-state index contributed by atoms with van der Waals surface area (Å²) in [5, 5.41) is 12.7. The summed E-state index contributed by atoms with van der Waals surface area (Å²) in [5.41, 5.74) is -3.26. The van der Waals surface area contributed by atoms with E-state index in [4.69, 9.17) is 4.74 Å². The van der Waals surface area contributed by atoms with Gasteiger partial charge in [-0.05, 0) is 37.5 Å². The number of ether oxygens (including phenoxy) is 2. The van der Waals surface area contributed by atoms with Gasteiger partial charge in [0.15, 0.2) is 0 Å². The van der Waals surface area contributed by atoms with Crippen LogP contribution in [0.1, 0.15) is 37.8 Å². The first-order valence-corrected chi connectivity index (χ1v) is 8.01. The number of hydrogen-bond acceptors (Lipinski definition) is 4. The lowest BCUT2D eigenvalue weighted by Crippen LogP contribution is -2.44. The monoisotopic (exact) mass is 379 g/mol. The number of carbonyl (C=O) groups is 1. The third kappa shape index (κ3) is 5.31. The standard InChI is InChI=1S/C17H21F4NO4/c1-15(24,16(18)6-7-16)9-14(23)22-13(10-25-2)11-4-3-5-12(8-11)26-17(19,20)21/h3-5,8,13,24H,6-7,9-10H2,1-2H3,(H,22,23)/t13-,15?/m0/s1.